The van der Waals surface area contributed by atoms with E-state index in [4.69, 9.17) is 0 Å². The fourth-order valence-corrected chi connectivity index (χ4v) is 2.10. The van der Waals surface area contributed by atoms with E-state index in [1.54, 1.807) is 17.5 Å². The van der Waals surface area contributed by atoms with Gasteiger partial charge in [-0.25, -0.2) is 9.97 Å². The Labute approximate surface area is 93.0 Å². The van der Waals surface area contributed by atoms with Crippen LogP contribution >= 0.6 is 11.3 Å². The van der Waals surface area contributed by atoms with Gasteiger partial charge in [0.2, 0.25) is 0 Å². The van der Waals surface area contributed by atoms with Crippen LogP contribution in [0.3, 0.4) is 0 Å². The second-order valence-corrected chi connectivity index (χ2v) is 4.59. The maximum absolute atomic E-state index is 4.41. The quantitative estimate of drug-likeness (QED) is 0.861. The fourth-order valence-electron chi connectivity index (χ4n) is 1.26. The van der Waals surface area contributed by atoms with E-state index in [1.807, 2.05) is 24.0 Å². The van der Waals surface area contributed by atoms with Crippen molar-refractivity contribution in [3.63, 3.8) is 0 Å². The summed E-state index contributed by atoms with van der Waals surface area (Å²) in [6.07, 6.45) is 5.57. The van der Waals surface area contributed by atoms with Crippen LogP contribution in [-0.2, 0) is 6.54 Å². The molecule has 1 N–H and O–H groups in total. The summed E-state index contributed by atoms with van der Waals surface area (Å²) in [5.41, 5.74) is 1.12. The number of imidazole rings is 1. The van der Waals surface area contributed by atoms with Crippen molar-refractivity contribution in [1.29, 1.82) is 0 Å². The zero-order valence-electron chi connectivity index (χ0n) is 8.90. The molecular weight excluding hydrogens is 208 g/mol. The Kier molecular flexibility index (Phi) is 3.01. The van der Waals surface area contributed by atoms with Gasteiger partial charge >= 0.3 is 0 Å². The fraction of sp³-hybridized carbons (Fsp3) is 0.400. The molecule has 2 rings (SSSR count). The average molecular weight is 222 g/mol. The Hall–Kier alpha value is -1.36. The number of hydrogen-bond acceptors (Lipinski definition) is 4. The van der Waals surface area contributed by atoms with Crippen molar-refractivity contribution in [2.24, 2.45) is 0 Å². The summed E-state index contributed by atoms with van der Waals surface area (Å²) in [5.74, 6) is 0. The van der Waals surface area contributed by atoms with Crippen molar-refractivity contribution in [3.05, 3.63) is 29.3 Å². The van der Waals surface area contributed by atoms with Crippen LogP contribution in [0.5, 0.6) is 0 Å². The van der Waals surface area contributed by atoms with Gasteiger partial charge in [-0.15, -0.1) is 11.3 Å². The van der Waals surface area contributed by atoms with Gasteiger partial charge in [-0.3, -0.25) is 0 Å². The molecule has 0 bridgehead atoms. The summed E-state index contributed by atoms with van der Waals surface area (Å²) in [4.78, 5) is 9.68. The monoisotopic (exact) mass is 222 g/mol. The highest BCUT2D eigenvalue weighted by atomic mass is 32.1. The molecule has 0 aliphatic rings. The molecule has 0 aliphatic carbocycles. The molecule has 0 atom stereocenters. The first-order valence-corrected chi connectivity index (χ1v) is 5.71. The van der Waals surface area contributed by atoms with Crippen molar-refractivity contribution >= 4 is 16.5 Å². The van der Waals surface area contributed by atoms with Crippen LogP contribution in [0.2, 0.25) is 0 Å². The Morgan fingerprint density at radius 2 is 2.33 bits per heavy atom. The molecule has 0 unspecified atom stereocenters. The number of aromatic nitrogens is 3. The van der Waals surface area contributed by atoms with Gasteiger partial charge in [0.15, 0.2) is 5.13 Å². The molecule has 80 valence electrons. The van der Waals surface area contributed by atoms with Gasteiger partial charge in [0.05, 0.1) is 12.0 Å². The molecule has 2 aromatic heterocycles. The lowest BCUT2D eigenvalue weighted by atomic mass is 10.4. The van der Waals surface area contributed by atoms with Crippen molar-refractivity contribution in [1.82, 2.24) is 14.5 Å². The molecule has 0 saturated carbocycles. The minimum atomic E-state index is 0.878. The van der Waals surface area contributed by atoms with Gasteiger partial charge in [0.25, 0.3) is 0 Å². The molecule has 2 heterocycles. The Morgan fingerprint density at radius 1 is 1.47 bits per heavy atom. The second-order valence-electron chi connectivity index (χ2n) is 3.39. The highest BCUT2D eigenvalue weighted by molar-refractivity contribution is 7.15. The zero-order chi connectivity index (χ0) is 10.7. The number of hydrogen-bond donors (Lipinski definition) is 1. The van der Waals surface area contributed by atoms with E-state index in [-0.39, 0.29) is 0 Å². The van der Waals surface area contributed by atoms with E-state index >= 15 is 0 Å². The van der Waals surface area contributed by atoms with Gasteiger partial charge in [-0.1, -0.05) is 0 Å². The minimum Gasteiger partial charge on any atom is -0.360 e. The van der Waals surface area contributed by atoms with Crippen LogP contribution in [-0.4, -0.2) is 21.1 Å². The van der Waals surface area contributed by atoms with Gasteiger partial charge in [0.1, 0.15) is 0 Å². The first-order valence-electron chi connectivity index (χ1n) is 4.89. The molecule has 0 fully saturated rings. The molecule has 5 heteroatoms. The molecule has 0 aliphatic heterocycles. The standard InChI is InChI=1S/C10H14N4S/c1-8-9(2)15-10(13-8)12-4-6-14-5-3-11-7-14/h3,5,7H,4,6H2,1-2H3,(H,12,13). The van der Waals surface area contributed by atoms with Crippen LogP contribution in [0, 0.1) is 13.8 Å². The number of aryl methyl sites for hydroxylation is 2. The number of thiazole rings is 1. The molecular formula is C10H14N4S. The number of nitrogens with one attached hydrogen (secondary N) is 1. The summed E-state index contributed by atoms with van der Waals surface area (Å²) >= 11 is 1.70. The molecule has 0 amide bonds. The first-order chi connectivity index (χ1) is 7.25. The third-order valence-electron chi connectivity index (χ3n) is 2.23. The zero-order valence-corrected chi connectivity index (χ0v) is 9.71. The lowest BCUT2D eigenvalue weighted by Crippen LogP contribution is -2.08. The van der Waals surface area contributed by atoms with Crippen LogP contribution in [0.25, 0.3) is 0 Å². The second kappa shape index (κ2) is 4.44. The topological polar surface area (TPSA) is 42.7 Å². The van der Waals surface area contributed by atoms with Gasteiger partial charge < -0.3 is 9.88 Å². The normalized spacial score (nSPS) is 10.5. The van der Waals surface area contributed by atoms with E-state index in [2.05, 4.69) is 22.2 Å². The number of rotatable bonds is 4. The molecule has 2 aromatic rings. The maximum Gasteiger partial charge on any atom is 0.183 e. The van der Waals surface area contributed by atoms with Crippen LogP contribution in [0.4, 0.5) is 5.13 Å². The Bertz CT molecular complexity index is 399. The third kappa shape index (κ3) is 2.56. The predicted molar refractivity (Wildman–Crippen MR) is 62.3 cm³/mol. The molecule has 0 radical (unpaired) electrons. The number of anilines is 1. The van der Waals surface area contributed by atoms with Crippen molar-refractivity contribution in [3.8, 4) is 0 Å². The smallest absolute Gasteiger partial charge is 0.183 e. The Balaban J connectivity index is 1.83. The highest BCUT2D eigenvalue weighted by Gasteiger charge is 2.01. The number of nitrogens with zero attached hydrogens (tertiary/aromatic N) is 3. The highest BCUT2D eigenvalue weighted by Crippen LogP contribution is 2.20. The van der Waals surface area contributed by atoms with Crippen LogP contribution in [0.1, 0.15) is 10.6 Å². The first kappa shape index (κ1) is 10.2. The van der Waals surface area contributed by atoms with E-state index in [9.17, 15) is 0 Å². The summed E-state index contributed by atoms with van der Waals surface area (Å²) in [6.45, 7) is 5.92. The van der Waals surface area contributed by atoms with E-state index < -0.39 is 0 Å². The van der Waals surface area contributed by atoms with E-state index in [0.717, 1.165) is 23.9 Å². The lowest BCUT2D eigenvalue weighted by molar-refractivity contribution is 0.726. The SMILES string of the molecule is Cc1nc(NCCn2ccnc2)sc1C. The largest absolute Gasteiger partial charge is 0.360 e. The molecule has 15 heavy (non-hydrogen) atoms. The van der Waals surface area contributed by atoms with Crippen molar-refractivity contribution in [2.45, 2.75) is 20.4 Å². The van der Waals surface area contributed by atoms with E-state index in [0.29, 0.717) is 0 Å². The molecule has 4 nitrogen and oxygen atoms in total. The Morgan fingerprint density at radius 3 is 2.93 bits per heavy atom. The molecule has 0 spiro atoms. The van der Waals surface area contributed by atoms with Crippen molar-refractivity contribution < 1.29 is 0 Å². The van der Waals surface area contributed by atoms with Gasteiger partial charge in [0, 0.05) is 30.4 Å². The molecule has 0 saturated heterocycles. The molecule has 0 aromatic carbocycles. The van der Waals surface area contributed by atoms with Crippen LogP contribution in [0.15, 0.2) is 18.7 Å². The van der Waals surface area contributed by atoms with Gasteiger partial charge in [-0.05, 0) is 13.8 Å². The van der Waals surface area contributed by atoms with Gasteiger partial charge in [-0.2, -0.15) is 0 Å². The van der Waals surface area contributed by atoms with E-state index in [1.165, 1.54) is 4.88 Å². The summed E-state index contributed by atoms with van der Waals surface area (Å²) < 4.78 is 2.04. The summed E-state index contributed by atoms with van der Waals surface area (Å²) in [5, 5.41) is 4.31. The maximum atomic E-state index is 4.41. The predicted octanol–water partition coefficient (Wildman–Crippen LogP) is 2.07. The van der Waals surface area contributed by atoms with Crippen LogP contribution < -0.4 is 5.32 Å². The summed E-state index contributed by atoms with van der Waals surface area (Å²) in [6, 6.07) is 0. The lowest BCUT2D eigenvalue weighted by Gasteiger charge is -2.02. The minimum absolute atomic E-state index is 0.878. The third-order valence-corrected chi connectivity index (χ3v) is 3.26. The van der Waals surface area contributed by atoms with Crippen molar-refractivity contribution in [2.75, 3.05) is 11.9 Å². The average Bonchev–Trinajstić information content (AvgIpc) is 2.79. The summed E-state index contributed by atoms with van der Waals surface area (Å²) in [7, 11) is 0.